The Bertz CT molecular complexity index is 838. The minimum absolute atomic E-state index is 0.0586. The van der Waals surface area contributed by atoms with Crippen molar-refractivity contribution in [2.75, 3.05) is 40.3 Å². The smallest absolute Gasteiger partial charge is 0.407 e. The summed E-state index contributed by atoms with van der Waals surface area (Å²) in [4.78, 5) is 23.0. The zero-order valence-corrected chi connectivity index (χ0v) is 17.1. The number of amides is 1. The molecule has 1 aromatic carbocycles. The highest BCUT2D eigenvalue weighted by Crippen LogP contribution is 2.37. The van der Waals surface area contributed by atoms with Crippen molar-refractivity contribution in [1.82, 2.24) is 19.7 Å². The van der Waals surface area contributed by atoms with Crippen LogP contribution in [-0.2, 0) is 0 Å². The van der Waals surface area contributed by atoms with Crippen LogP contribution in [0.2, 0.25) is 0 Å². The number of piperidine rings is 1. The van der Waals surface area contributed by atoms with E-state index in [2.05, 4.69) is 49.0 Å². The number of likely N-dealkylation sites (N-methyl/N-ethyl adjacent to an activating group) is 2. The van der Waals surface area contributed by atoms with Gasteiger partial charge in [-0.2, -0.15) is 0 Å². The lowest BCUT2D eigenvalue weighted by Gasteiger charge is -2.37. The summed E-state index contributed by atoms with van der Waals surface area (Å²) in [5.74, 6) is 0.422. The zero-order chi connectivity index (χ0) is 19.1. The molecule has 7 heteroatoms. The lowest BCUT2D eigenvalue weighted by Crippen LogP contribution is -2.44. The maximum Gasteiger partial charge on any atom is 0.407 e. The van der Waals surface area contributed by atoms with Crippen LogP contribution in [0.4, 0.5) is 4.79 Å². The second kappa shape index (κ2) is 7.37. The molecule has 2 aromatic rings. The normalized spacial score (nSPS) is 28.0. The fourth-order valence-corrected chi connectivity index (χ4v) is 5.40. The maximum atomic E-state index is 11.7. The minimum atomic E-state index is -0.822. The zero-order valence-electron chi connectivity index (χ0n) is 16.3. The molecule has 1 N–H and O–H groups in total. The van der Waals surface area contributed by atoms with Crippen LogP contribution in [0.1, 0.15) is 42.4 Å². The van der Waals surface area contributed by atoms with Gasteiger partial charge in [-0.05, 0) is 50.6 Å². The predicted octanol–water partition coefficient (Wildman–Crippen LogP) is 3.67. The van der Waals surface area contributed by atoms with Crippen LogP contribution < -0.4 is 0 Å². The van der Waals surface area contributed by atoms with Crippen LogP contribution in [0, 0.1) is 5.92 Å². The van der Waals surface area contributed by atoms with Crippen LogP contribution in [0.5, 0.6) is 0 Å². The van der Waals surface area contributed by atoms with Gasteiger partial charge in [0.2, 0.25) is 0 Å². The number of carbonyl (C=O) groups is 1. The number of thiazole rings is 1. The Balaban J connectivity index is 1.63. The van der Waals surface area contributed by atoms with E-state index in [1.807, 2.05) is 0 Å². The fourth-order valence-electron chi connectivity index (χ4n) is 4.30. The molecule has 146 valence electrons. The second-order valence-electron chi connectivity index (χ2n) is 8.17. The average Bonchev–Trinajstić information content (AvgIpc) is 3.06. The number of carboxylic acid groups (broad SMARTS) is 1. The summed E-state index contributed by atoms with van der Waals surface area (Å²) in [5.41, 5.74) is 2.07. The van der Waals surface area contributed by atoms with Gasteiger partial charge in [-0.1, -0.05) is 13.0 Å². The minimum Gasteiger partial charge on any atom is -0.465 e. The molecule has 3 unspecified atom stereocenters. The molecule has 4 rings (SSSR count). The molecule has 1 aromatic heterocycles. The molecule has 2 aliphatic rings. The van der Waals surface area contributed by atoms with Crippen LogP contribution in [0.3, 0.4) is 0 Å². The topological polar surface area (TPSA) is 59.9 Å². The van der Waals surface area contributed by atoms with E-state index in [9.17, 15) is 9.90 Å². The quantitative estimate of drug-likeness (QED) is 0.851. The number of benzene rings is 1. The molecule has 0 saturated carbocycles. The van der Waals surface area contributed by atoms with Gasteiger partial charge in [0.05, 0.1) is 22.3 Å². The standard InChI is InChI=1S/C20H28N4O2S/c1-13-4-6-16(24(11-13)20(25)26)14-5-7-18-15(10-14)21-19(27-18)17-12-22(2)8-9-23(17)3/h5,7,10,13,16-17H,4,6,8-9,11-12H2,1-3H3,(H,25,26). The third-order valence-electron chi connectivity index (χ3n) is 6.01. The first kappa shape index (κ1) is 18.7. The lowest BCUT2D eigenvalue weighted by atomic mass is 9.90. The van der Waals surface area contributed by atoms with Crippen molar-refractivity contribution in [3.63, 3.8) is 0 Å². The molecule has 3 atom stereocenters. The maximum absolute atomic E-state index is 11.7. The molecule has 0 aliphatic carbocycles. The summed E-state index contributed by atoms with van der Waals surface area (Å²) < 4.78 is 1.18. The van der Waals surface area contributed by atoms with Gasteiger partial charge in [0.15, 0.2) is 0 Å². The predicted molar refractivity (Wildman–Crippen MR) is 108 cm³/mol. The number of nitrogens with zero attached hydrogens (tertiary/aromatic N) is 4. The summed E-state index contributed by atoms with van der Waals surface area (Å²) in [6.07, 6.45) is 1.12. The van der Waals surface area contributed by atoms with Crippen molar-refractivity contribution in [1.29, 1.82) is 0 Å². The van der Waals surface area contributed by atoms with Crippen molar-refractivity contribution < 1.29 is 9.90 Å². The molecular weight excluding hydrogens is 360 g/mol. The first-order valence-corrected chi connectivity index (χ1v) is 10.5. The second-order valence-corrected chi connectivity index (χ2v) is 9.23. The van der Waals surface area contributed by atoms with E-state index in [1.54, 1.807) is 16.2 Å². The van der Waals surface area contributed by atoms with E-state index in [0.717, 1.165) is 48.6 Å². The van der Waals surface area contributed by atoms with E-state index in [4.69, 9.17) is 4.98 Å². The van der Waals surface area contributed by atoms with E-state index in [0.29, 0.717) is 18.5 Å². The third kappa shape index (κ3) is 3.68. The molecule has 2 aliphatic heterocycles. The monoisotopic (exact) mass is 388 g/mol. The van der Waals surface area contributed by atoms with E-state index < -0.39 is 6.09 Å². The fraction of sp³-hybridized carbons (Fsp3) is 0.600. The summed E-state index contributed by atoms with van der Waals surface area (Å²) in [5, 5.41) is 10.8. The summed E-state index contributed by atoms with van der Waals surface area (Å²) in [6.45, 7) is 5.87. The molecule has 0 bridgehead atoms. The van der Waals surface area contributed by atoms with E-state index in [-0.39, 0.29) is 6.04 Å². The largest absolute Gasteiger partial charge is 0.465 e. The summed E-state index contributed by atoms with van der Waals surface area (Å²) >= 11 is 1.76. The van der Waals surface area contributed by atoms with Crippen molar-refractivity contribution in [3.8, 4) is 0 Å². The number of hydrogen-bond acceptors (Lipinski definition) is 5. The lowest BCUT2D eigenvalue weighted by molar-refractivity contribution is 0.0900. The summed E-state index contributed by atoms with van der Waals surface area (Å²) in [6, 6.07) is 6.60. The van der Waals surface area contributed by atoms with Gasteiger partial charge in [-0.3, -0.25) is 4.90 Å². The van der Waals surface area contributed by atoms with Crippen LogP contribution >= 0.6 is 11.3 Å². The van der Waals surface area contributed by atoms with Gasteiger partial charge >= 0.3 is 6.09 Å². The van der Waals surface area contributed by atoms with Gasteiger partial charge in [0, 0.05) is 26.2 Å². The van der Waals surface area contributed by atoms with Gasteiger partial charge in [0.25, 0.3) is 0 Å². The molecule has 6 nitrogen and oxygen atoms in total. The Hall–Kier alpha value is -1.70. The van der Waals surface area contributed by atoms with E-state index >= 15 is 0 Å². The number of piperazine rings is 1. The number of likely N-dealkylation sites (tertiary alicyclic amines) is 1. The molecule has 27 heavy (non-hydrogen) atoms. The first-order chi connectivity index (χ1) is 12.9. The number of aromatic nitrogens is 1. The Morgan fingerprint density at radius 3 is 2.78 bits per heavy atom. The Morgan fingerprint density at radius 1 is 1.19 bits per heavy atom. The Kier molecular flexibility index (Phi) is 5.09. The number of rotatable bonds is 2. The molecule has 0 spiro atoms. The molecule has 2 fully saturated rings. The van der Waals surface area contributed by atoms with Gasteiger partial charge in [-0.15, -0.1) is 11.3 Å². The molecule has 1 amide bonds. The highest BCUT2D eigenvalue weighted by molar-refractivity contribution is 7.18. The highest BCUT2D eigenvalue weighted by Gasteiger charge is 2.31. The first-order valence-electron chi connectivity index (χ1n) is 9.71. The Labute approximate surface area is 164 Å². The van der Waals surface area contributed by atoms with Crippen molar-refractivity contribution in [2.24, 2.45) is 5.92 Å². The van der Waals surface area contributed by atoms with Crippen molar-refractivity contribution in [2.45, 2.75) is 31.8 Å². The number of hydrogen-bond donors (Lipinski definition) is 1. The van der Waals surface area contributed by atoms with Gasteiger partial charge in [-0.25, -0.2) is 9.78 Å². The van der Waals surface area contributed by atoms with Crippen molar-refractivity contribution >= 4 is 27.6 Å². The van der Waals surface area contributed by atoms with Crippen LogP contribution in [-0.4, -0.2) is 71.2 Å². The van der Waals surface area contributed by atoms with Crippen LogP contribution in [0.15, 0.2) is 18.2 Å². The molecular formula is C20H28N4O2S. The molecule has 2 saturated heterocycles. The van der Waals surface area contributed by atoms with Gasteiger partial charge < -0.3 is 14.9 Å². The van der Waals surface area contributed by atoms with Crippen molar-refractivity contribution in [3.05, 3.63) is 28.8 Å². The van der Waals surface area contributed by atoms with Crippen LogP contribution in [0.25, 0.3) is 10.2 Å². The molecule has 0 radical (unpaired) electrons. The number of fused-ring (bicyclic) bond motifs is 1. The van der Waals surface area contributed by atoms with Gasteiger partial charge in [0.1, 0.15) is 5.01 Å². The SMILES string of the molecule is CC1CCC(c2ccc3sc(C4CN(C)CCN4C)nc3c2)N(C(=O)O)C1. The third-order valence-corrected chi connectivity index (χ3v) is 7.15. The Morgan fingerprint density at radius 2 is 2.00 bits per heavy atom. The average molecular weight is 389 g/mol. The highest BCUT2D eigenvalue weighted by atomic mass is 32.1. The molecule has 3 heterocycles. The van der Waals surface area contributed by atoms with E-state index in [1.165, 1.54) is 4.70 Å². The summed E-state index contributed by atoms with van der Waals surface area (Å²) in [7, 11) is 4.33.